The maximum absolute atomic E-state index is 12.8. The topological polar surface area (TPSA) is 95.9 Å². The zero-order valence-electron chi connectivity index (χ0n) is 16.0. The van der Waals surface area contributed by atoms with Crippen molar-refractivity contribution in [2.24, 2.45) is 10.3 Å². The van der Waals surface area contributed by atoms with Gasteiger partial charge in [0.2, 0.25) is 10.0 Å². The van der Waals surface area contributed by atoms with E-state index in [4.69, 9.17) is 0 Å². The summed E-state index contributed by atoms with van der Waals surface area (Å²) in [5.41, 5.74) is 1.04. The van der Waals surface area contributed by atoms with Gasteiger partial charge in [0.15, 0.2) is 0 Å². The Hall–Kier alpha value is -1.45. The molecule has 150 valence electrons. The summed E-state index contributed by atoms with van der Waals surface area (Å²) in [6.07, 6.45) is 5.14. The summed E-state index contributed by atoms with van der Waals surface area (Å²) in [6, 6.07) is 2.78. The van der Waals surface area contributed by atoms with E-state index in [2.05, 4.69) is 9.71 Å². The Morgan fingerprint density at radius 1 is 1.15 bits per heavy atom. The van der Waals surface area contributed by atoms with Gasteiger partial charge in [-0.3, -0.25) is 0 Å². The summed E-state index contributed by atoms with van der Waals surface area (Å²) >= 11 is 0. The minimum absolute atomic E-state index is 0.0101. The first kappa shape index (κ1) is 20.3. The molecule has 1 aliphatic heterocycles. The van der Waals surface area contributed by atoms with Gasteiger partial charge in [-0.05, 0) is 37.5 Å². The van der Waals surface area contributed by atoms with E-state index in [0.717, 1.165) is 25.7 Å². The quantitative estimate of drug-likeness (QED) is 0.800. The molecule has 1 N–H and O–H groups in total. The molecule has 1 saturated carbocycles. The van der Waals surface area contributed by atoms with E-state index in [9.17, 15) is 16.8 Å². The largest absolute Gasteiger partial charge is 0.341 e. The second-order valence-corrected chi connectivity index (χ2v) is 10.6. The molecule has 2 aliphatic rings. The second-order valence-electron chi connectivity index (χ2n) is 7.11. The SMILES string of the molecule is CCN(CC)S(=O)(=O)c1cc(C)c2c(c1)S(=O)(=O)N=C(C1CCCCC1)N2. The first-order valence-corrected chi connectivity index (χ1v) is 12.4. The van der Waals surface area contributed by atoms with Crippen LogP contribution in [0.1, 0.15) is 51.5 Å². The van der Waals surface area contributed by atoms with Gasteiger partial charge in [-0.1, -0.05) is 33.1 Å². The number of nitrogens with one attached hydrogen (secondary N) is 1. The predicted molar refractivity (Wildman–Crippen MR) is 106 cm³/mol. The summed E-state index contributed by atoms with van der Waals surface area (Å²) in [6.45, 7) is 5.89. The van der Waals surface area contributed by atoms with E-state index in [1.807, 2.05) is 0 Å². The maximum atomic E-state index is 12.8. The van der Waals surface area contributed by atoms with Gasteiger partial charge < -0.3 is 5.32 Å². The minimum atomic E-state index is -3.94. The molecule has 3 rings (SSSR count). The highest BCUT2D eigenvalue weighted by molar-refractivity contribution is 7.91. The molecule has 1 heterocycles. The third-order valence-electron chi connectivity index (χ3n) is 5.36. The molecule has 1 fully saturated rings. The molecule has 7 nitrogen and oxygen atoms in total. The Morgan fingerprint density at radius 2 is 1.78 bits per heavy atom. The maximum Gasteiger partial charge on any atom is 0.286 e. The molecule has 0 bridgehead atoms. The lowest BCUT2D eigenvalue weighted by molar-refractivity contribution is 0.439. The number of amidine groups is 1. The van der Waals surface area contributed by atoms with Gasteiger partial charge in [0.25, 0.3) is 10.0 Å². The van der Waals surface area contributed by atoms with Crippen molar-refractivity contribution in [2.75, 3.05) is 18.4 Å². The summed E-state index contributed by atoms with van der Waals surface area (Å²) in [5.74, 6) is 0.602. The molecule has 1 aromatic carbocycles. The fourth-order valence-corrected chi connectivity index (χ4v) is 6.77. The predicted octanol–water partition coefficient (Wildman–Crippen LogP) is 3.12. The van der Waals surface area contributed by atoms with Crippen LogP contribution < -0.4 is 5.32 Å². The summed E-state index contributed by atoms with van der Waals surface area (Å²) in [7, 11) is -7.69. The average molecular weight is 414 g/mol. The smallest absolute Gasteiger partial charge is 0.286 e. The molecule has 27 heavy (non-hydrogen) atoms. The van der Waals surface area contributed by atoms with Gasteiger partial charge in [0.05, 0.1) is 10.6 Å². The number of benzene rings is 1. The number of nitrogens with zero attached hydrogens (tertiary/aromatic N) is 2. The molecular formula is C18H27N3O4S2. The number of hydrogen-bond donors (Lipinski definition) is 1. The lowest BCUT2D eigenvalue weighted by Gasteiger charge is -2.28. The highest BCUT2D eigenvalue weighted by Crippen LogP contribution is 2.36. The lowest BCUT2D eigenvalue weighted by atomic mass is 9.88. The highest BCUT2D eigenvalue weighted by Gasteiger charge is 2.33. The van der Waals surface area contributed by atoms with Gasteiger partial charge in [-0.2, -0.15) is 12.7 Å². The Balaban J connectivity index is 2.07. The van der Waals surface area contributed by atoms with Gasteiger partial charge in [0, 0.05) is 19.0 Å². The molecule has 0 amide bonds. The van der Waals surface area contributed by atoms with Crippen LogP contribution in [0, 0.1) is 12.8 Å². The van der Waals surface area contributed by atoms with Crippen molar-refractivity contribution in [1.29, 1.82) is 0 Å². The van der Waals surface area contributed by atoms with Crippen molar-refractivity contribution < 1.29 is 16.8 Å². The van der Waals surface area contributed by atoms with Crippen LogP contribution in [0.2, 0.25) is 0 Å². The fourth-order valence-electron chi connectivity index (χ4n) is 3.83. The van der Waals surface area contributed by atoms with E-state index < -0.39 is 20.0 Å². The molecular weight excluding hydrogens is 386 g/mol. The molecule has 0 unspecified atom stereocenters. The fraction of sp³-hybridized carbons (Fsp3) is 0.611. The number of fused-ring (bicyclic) bond motifs is 1. The Kier molecular flexibility index (Phi) is 5.65. The highest BCUT2D eigenvalue weighted by atomic mass is 32.2. The molecule has 0 atom stereocenters. The van der Waals surface area contributed by atoms with Crippen molar-refractivity contribution in [3.63, 3.8) is 0 Å². The third kappa shape index (κ3) is 3.77. The molecule has 1 aromatic rings. The van der Waals surface area contributed by atoms with Crippen LogP contribution in [0.15, 0.2) is 26.3 Å². The van der Waals surface area contributed by atoms with Gasteiger partial charge in [-0.25, -0.2) is 8.42 Å². The van der Waals surface area contributed by atoms with Crippen molar-refractivity contribution >= 4 is 31.6 Å². The van der Waals surface area contributed by atoms with Gasteiger partial charge in [-0.15, -0.1) is 4.40 Å². The Labute approximate surface area is 162 Å². The standard InChI is InChI=1S/C18H27N3O4S2/c1-4-21(5-2)27(24,25)15-11-13(3)17-16(12-15)26(22,23)20-18(19-17)14-9-7-6-8-10-14/h11-12,14H,4-10H2,1-3H3,(H,19,20). The van der Waals surface area contributed by atoms with E-state index in [1.54, 1.807) is 26.8 Å². The van der Waals surface area contributed by atoms with Crippen LogP contribution in [-0.4, -0.2) is 40.1 Å². The second kappa shape index (κ2) is 7.52. The number of sulfonamides is 2. The third-order valence-corrected chi connectivity index (χ3v) is 8.70. The van der Waals surface area contributed by atoms with Crippen molar-refractivity contribution in [2.45, 2.75) is 62.7 Å². The van der Waals surface area contributed by atoms with Crippen LogP contribution in [0.4, 0.5) is 5.69 Å². The average Bonchev–Trinajstić information content (AvgIpc) is 2.63. The van der Waals surface area contributed by atoms with Crippen LogP contribution in [0.5, 0.6) is 0 Å². The minimum Gasteiger partial charge on any atom is -0.341 e. The van der Waals surface area contributed by atoms with Crippen molar-refractivity contribution in [3.8, 4) is 0 Å². The zero-order chi connectivity index (χ0) is 19.8. The molecule has 9 heteroatoms. The zero-order valence-corrected chi connectivity index (χ0v) is 17.7. The van der Waals surface area contributed by atoms with Gasteiger partial charge >= 0.3 is 0 Å². The number of rotatable bonds is 5. The monoisotopic (exact) mass is 413 g/mol. The summed E-state index contributed by atoms with van der Waals surface area (Å²) in [5, 5.41) is 3.19. The summed E-state index contributed by atoms with van der Waals surface area (Å²) < 4.78 is 56.6. The van der Waals surface area contributed by atoms with E-state index in [1.165, 1.54) is 16.8 Å². The van der Waals surface area contributed by atoms with Crippen LogP contribution in [0.25, 0.3) is 0 Å². The Morgan fingerprint density at radius 3 is 2.37 bits per heavy atom. The van der Waals surface area contributed by atoms with E-state index in [0.29, 0.717) is 30.2 Å². The van der Waals surface area contributed by atoms with Crippen molar-refractivity contribution in [3.05, 3.63) is 17.7 Å². The molecule has 0 radical (unpaired) electrons. The van der Waals surface area contributed by atoms with E-state index in [-0.39, 0.29) is 15.7 Å². The molecule has 1 aliphatic carbocycles. The molecule has 0 saturated heterocycles. The first-order chi connectivity index (χ1) is 12.7. The normalized spacial score (nSPS) is 20.1. The van der Waals surface area contributed by atoms with Crippen molar-refractivity contribution in [1.82, 2.24) is 4.31 Å². The summed E-state index contributed by atoms with van der Waals surface area (Å²) in [4.78, 5) is -0.0723. The first-order valence-electron chi connectivity index (χ1n) is 9.47. The number of aryl methyl sites for hydroxylation is 1. The van der Waals surface area contributed by atoms with Gasteiger partial charge in [0.1, 0.15) is 10.7 Å². The van der Waals surface area contributed by atoms with Crippen LogP contribution in [0.3, 0.4) is 0 Å². The van der Waals surface area contributed by atoms with Crippen LogP contribution >= 0.6 is 0 Å². The Bertz CT molecular complexity index is 959. The molecule has 0 aromatic heterocycles. The van der Waals surface area contributed by atoms with Crippen LogP contribution in [-0.2, 0) is 20.0 Å². The number of anilines is 1. The lowest BCUT2D eigenvalue weighted by Crippen LogP contribution is -2.32. The molecule has 0 spiro atoms. The number of hydrogen-bond acceptors (Lipinski definition) is 5. The van der Waals surface area contributed by atoms with E-state index >= 15 is 0 Å².